The Bertz CT molecular complexity index is 697. The van der Waals surface area contributed by atoms with E-state index in [4.69, 9.17) is 9.88 Å². The van der Waals surface area contributed by atoms with Crippen LogP contribution in [0, 0.1) is 6.92 Å². The van der Waals surface area contributed by atoms with Crippen LogP contribution in [-0.4, -0.2) is 20.8 Å². The lowest BCUT2D eigenvalue weighted by Crippen LogP contribution is -2.11. The molecular weight excluding hydrogens is 306 g/mol. The van der Waals surface area contributed by atoms with Crippen molar-refractivity contribution in [1.82, 2.24) is 0 Å². The Morgan fingerprint density at radius 3 is 2.48 bits per heavy atom. The predicted molar refractivity (Wildman–Crippen MR) is 85.2 cm³/mol. The minimum atomic E-state index is -3.64. The highest BCUT2D eigenvalue weighted by molar-refractivity contribution is 7.99. The zero-order valence-electron chi connectivity index (χ0n) is 11.7. The molecule has 0 aliphatic heterocycles. The smallest absolute Gasteiger partial charge is 0.238 e. The van der Waals surface area contributed by atoms with Crippen LogP contribution in [0.2, 0.25) is 0 Å². The van der Waals surface area contributed by atoms with Crippen LogP contribution in [0.25, 0.3) is 0 Å². The van der Waals surface area contributed by atoms with Crippen molar-refractivity contribution < 1.29 is 13.2 Å². The maximum absolute atomic E-state index is 11.1. The Kier molecular flexibility index (Phi) is 5.27. The van der Waals surface area contributed by atoms with Crippen molar-refractivity contribution >= 4 is 21.8 Å². The van der Waals surface area contributed by atoms with Crippen LogP contribution in [0.4, 0.5) is 0 Å². The average Bonchev–Trinajstić information content (AvgIpc) is 2.43. The average molecular weight is 323 g/mol. The van der Waals surface area contributed by atoms with E-state index in [1.165, 1.54) is 22.6 Å². The highest BCUT2D eigenvalue weighted by Crippen LogP contribution is 2.20. The van der Waals surface area contributed by atoms with Crippen molar-refractivity contribution in [1.29, 1.82) is 0 Å². The van der Waals surface area contributed by atoms with Crippen LogP contribution in [0.15, 0.2) is 58.3 Å². The molecule has 2 rings (SSSR count). The van der Waals surface area contributed by atoms with Gasteiger partial charge in [0.05, 0.1) is 11.5 Å². The molecule has 0 unspecified atom stereocenters. The van der Waals surface area contributed by atoms with Gasteiger partial charge >= 0.3 is 0 Å². The van der Waals surface area contributed by atoms with E-state index in [1.54, 1.807) is 23.9 Å². The zero-order chi connectivity index (χ0) is 15.3. The molecule has 6 heteroatoms. The summed E-state index contributed by atoms with van der Waals surface area (Å²) in [6.45, 7) is 2.61. The summed E-state index contributed by atoms with van der Waals surface area (Å²) in [6, 6.07) is 14.4. The largest absolute Gasteiger partial charge is 0.493 e. The standard InChI is InChI=1S/C15H17NO3S2/c1-12-3-2-4-14(11-12)20-10-9-19-13-5-7-15(8-6-13)21(16,17)18/h2-8,11H,9-10H2,1H3,(H2,16,17,18). The Morgan fingerprint density at radius 2 is 1.86 bits per heavy atom. The van der Waals surface area contributed by atoms with Gasteiger partial charge in [0.25, 0.3) is 0 Å². The summed E-state index contributed by atoms with van der Waals surface area (Å²) in [7, 11) is -3.64. The summed E-state index contributed by atoms with van der Waals surface area (Å²) in [5.41, 5.74) is 1.24. The number of nitrogens with two attached hydrogens (primary N) is 1. The number of thioether (sulfide) groups is 1. The molecule has 4 nitrogen and oxygen atoms in total. The van der Waals surface area contributed by atoms with Gasteiger partial charge in [-0.3, -0.25) is 0 Å². The van der Waals surface area contributed by atoms with Crippen LogP contribution >= 0.6 is 11.8 Å². The minimum Gasteiger partial charge on any atom is -0.493 e. The molecule has 0 amide bonds. The summed E-state index contributed by atoms with van der Waals surface area (Å²) >= 11 is 1.72. The topological polar surface area (TPSA) is 69.4 Å². The quantitative estimate of drug-likeness (QED) is 0.655. The van der Waals surface area contributed by atoms with Crippen molar-refractivity contribution in [2.75, 3.05) is 12.4 Å². The van der Waals surface area contributed by atoms with Crippen molar-refractivity contribution in [3.05, 3.63) is 54.1 Å². The van der Waals surface area contributed by atoms with Crippen molar-refractivity contribution in [3.63, 3.8) is 0 Å². The first kappa shape index (κ1) is 15.9. The molecule has 2 aromatic carbocycles. The van der Waals surface area contributed by atoms with Gasteiger partial charge in [-0.05, 0) is 43.3 Å². The van der Waals surface area contributed by atoms with E-state index in [-0.39, 0.29) is 4.90 Å². The summed E-state index contributed by atoms with van der Waals surface area (Å²) in [5.74, 6) is 1.45. The number of sulfonamides is 1. The molecule has 2 aromatic rings. The van der Waals surface area contributed by atoms with E-state index >= 15 is 0 Å². The lowest BCUT2D eigenvalue weighted by molar-refractivity contribution is 0.343. The molecule has 21 heavy (non-hydrogen) atoms. The number of rotatable bonds is 6. The summed E-state index contributed by atoms with van der Waals surface area (Å²) in [5, 5.41) is 5.03. The van der Waals surface area contributed by atoms with Crippen LogP contribution in [0.5, 0.6) is 5.75 Å². The number of primary sulfonamides is 1. The lowest BCUT2D eigenvalue weighted by Gasteiger charge is -2.07. The molecule has 0 fully saturated rings. The Labute approximate surface area is 129 Å². The molecule has 0 aliphatic carbocycles. The van der Waals surface area contributed by atoms with Crippen LogP contribution in [0.1, 0.15) is 5.56 Å². The van der Waals surface area contributed by atoms with Crippen LogP contribution in [0.3, 0.4) is 0 Å². The van der Waals surface area contributed by atoms with Gasteiger partial charge in [-0.2, -0.15) is 0 Å². The maximum atomic E-state index is 11.1. The molecule has 0 spiro atoms. The monoisotopic (exact) mass is 323 g/mol. The van der Waals surface area contributed by atoms with Crippen molar-refractivity contribution in [2.45, 2.75) is 16.7 Å². The second-order valence-electron chi connectivity index (χ2n) is 4.53. The SMILES string of the molecule is Cc1cccc(SCCOc2ccc(S(N)(=O)=O)cc2)c1. The first-order valence-electron chi connectivity index (χ1n) is 6.40. The summed E-state index contributed by atoms with van der Waals surface area (Å²) in [6.07, 6.45) is 0. The molecule has 0 atom stereocenters. The van der Waals surface area contributed by atoms with E-state index in [1.807, 2.05) is 6.07 Å². The molecular formula is C15H17NO3S2. The fourth-order valence-electron chi connectivity index (χ4n) is 1.75. The second kappa shape index (κ2) is 6.98. The Balaban J connectivity index is 1.81. The second-order valence-corrected chi connectivity index (χ2v) is 7.26. The molecule has 112 valence electrons. The lowest BCUT2D eigenvalue weighted by atomic mass is 10.2. The van der Waals surface area contributed by atoms with Gasteiger partial charge in [-0.1, -0.05) is 17.7 Å². The van der Waals surface area contributed by atoms with E-state index in [0.717, 1.165) is 5.75 Å². The van der Waals surface area contributed by atoms with Gasteiger partial charge in [0.1, 0.15) is 5.75 Å². The molecule has 0 radical (unpaired) electrons. The molecule has 0 bridgehead atoms. The van der Waals surface area contributed by atoms with Gasteiger partial charge in [0.15, 0.2) is 0 Å². The van der Waals surface area contributed by atoms with Gasteiger partial charge in [-0.15, -0.1) is 11.8 Å². The number of ether oxygens (including phenoxy) is 1. The number of hydrogen-bond acceptors (Lipinski definition) is 4. The molecule has 0 saturated carbocycles. The van der Waals surface area contributed by atoms with E-state index in [0.29, 0.717) is 12.4 Å². The van der Waals surface area contributed by atoms with Gasteiger partial charge < -0.3 is 4.74 Å². The normalized spacial score (nSPS) is 11.3. The summed E-state index contributed by atoms with van der Waals surface area (Å²) < 4.78 is 27.8. The van der Waals surface area contributed by atoms with E-state index in [2.05, 4.69) is 25.1 Å². The third kappa shape index (κ3) is 5.08. The Morgan fingerprint density at radius 1 is 1.14 bits per heavy atom. The molecule has 0 saturated heterocycles. The van der Waals surface area contributed by atoms with Crippen molar-refractivity contribution in [3.8, 4) is 5.75 Å². The predicted octanol–water partition coefficient (Wildman–Crippen LogP) is 2.81. The Hall–Kier alpha value is -1.50. The number of aryl methyl sites for hydroxylation is 1. The van der Waals surface area contributed by atoms with Crippen molar-refractivity contribution in [2.24, 2.45) is 5.14 Å². The third-order valence-corrected chi connectivity index (χ3v) is 4.65. The maximum Gasteiger partial charge on any atom is 0.238 e. The minimum absolute atomic E-state index is 0.0870. The molecule has 0 heterocycles. The first-order valence-corrected chi connectivity index (χ1v) is 8.93. The van der Waals surface area contributed by atoms with Gasteiger partial charge in [-0.25, -0.2) is 13.6 Å². The number of hydrogen-bond donors (Lipinski definition) is 1. The highest BCUT2D eigenvalue weighted by Gasteiger charge is 2.06. The van der Waals surface area contributed by atoms with Crippen LogP contribution < -0.4 is 9.88 Å². The van der Waals surface area contributed by atoms with Gasteiger partial charge in [0.2, 0.25) is 10.0 Å². The molecule has 0 aromatic heterocycles. The van der Waals surface area contributed by atoms with E-state index in [9.17, 15) is 8.42 Å². The molecule has 0 aliphatic rings. The fourth-order valence-corrected chi connectivity index (χ4v) is 3.11. The zero-order valence-corrected chi connectivity index (χ0v) is 13.3. The highest BCUT2D eigenvalue weighted by atomic mass is 32.2. The third-order valence-electron chi connectivity index (χ3n) is 2.76. The fraction of sp³-hybridized carbons (Fsp3) is 0.200. The summed E-state index contributed by atoms with van der Waals surface area (Å²) in [4.78, 5) is 1.30. The number of benzene rings is 2. The molecule has 2 N–H and O–H groups in total. The first-order chi connectivity index (χ1) is 9.95. The van der Waals surface area contributed by atoms with Gasteiger partial charge in [0, 0.05) is 10.6 Å². The van der Waals surface area contributed by atoms with E-state index < -0.39 is 10.0 Å². The van der Waals surface area contributed by atoms with Crippen LogP contribution in [-0.2, 0) is 10.0 Å².